The van der Waals surface area contributed by atoms with E-state index in [9.17, 15) is 14.4 Å². The van der Waals surface area contributed by atoms with E-state index in [1.165, 1.54) is 17.7 Å². The minimum Gasteiger partial charge on any atom is -0.371 e. The molecule has 150 valence electrons. The van der Waals surface area contributed by atoms with Gasteiger partial charge in [0.2, 0.25) is 11.8 Å². The van der Waals surface area contributed by atoms with Gasteiger partial charge in [-0.1, -0.05) is 6.07 Å². The van der Waals surface area contributed by atoms with E-state index in [0.29, 0.717) is 13.0 Å². The first-order valence-electron chi connectivity index (χ1n) is 9.90. The van der Waals surface area contributed by atoms with Gasteiger partial charge in [-0.05, 0) is 43.9 Å². The molecule has 0 unspecified atom stereocenters. The Morgan fingerprint density at radius 3 is 2.68 bits per heavy atom. The first-order valence-corrected chi connectivity index (χ1v) is 9.90. The molecule has 0 saturated carbocycles. The van der Waals surface area contributed by atoms with Crippen LogP contribution in [0.2, 0.25) is 0 Å². The highest BCUT2D eigenvalue weighted by molar-refractivity contribution is 5.96. The number of amides is 4. The van der Waals surface area contributed by atoms with Crippen molar-refractivity contribution in [3.8, 4) is 0 Å². The number of piperazine rings is 1. The predicted molar refractivity (Wildman–Crippen MR) is 106 cm³/mol. The van der Waals surface area contributed by atoms with Crippen molar-refractivity contribution in [3.63, 3.8) is 0 Å². The predicted octanol–water partition coefficient (Wildman–Crippen LogP) is 1.16. The number of hydrogen-bond acceptors (Lipinski definition) is 4. The van der Waals surface area contributed by atoms with Crippen molar-refractivity contribution in [2.24, 2.45) is 0 Å². The molecule has 1 aromatic rings. The average molecular weight is 385 g/mol. The van der Waals surface area contributed by atoms with E-state index in [1.807, 2.05) is 19.1 Å². The van der Waals surface area contributed by atoms with Crippen molar-refractivity contribution in [3.05, 3.63) is 23.8 Å². The molecule has 0 radical (unpaired) electrons. The van der Waals surface area contributed by atoms with Gasteiger partial charge in [-0.15, -0.1) is 0 Å². The number of likely N-dealkylation sites (N-methyl/N-ethyl adjacent to an activating group) is 1. The Morgan fingerprint density at radius 1 is 1.18 bits per heavy atom. The lowest BCUT2D eigenvalue weighted by Crippen LogP contribution is -2.55. The molecule has 2 N–H and O–H groups in total. The molecule has 3 aliphatic heterocycles. The van der Waals surface area contributed by atoms with E-state index in [1.54, 1.807) is 11.9 Å². The first-order chi connectivity index (χ1) is 13.4. The fraction of sp³-hybridized carbons (Fsp3) is 0.550. The van der Waals surface area contributed by atoms with E-state index in [4.69, 9.17) is 0 Å². The maximum atomic E-state index is 12.6. The summed E-state index contributed by atoms with van der Waals surface area (Å²) in [5, 5.41) is 5.87. The molecular weight excluding hydrogens is 358 g/mol. The molecule has 4 amide bonds. The van der Waals surface area contributed by atoms with Crippen LogP contribution in [-0.2, 0) is 9.59 Å². The van der Waals surface area contributed by atoms with Gasteiger partial charge in [0.05, 0.1) is 12.6 Å². The van der Waals surface area contributed by atoms with Crippen molar-refractivity contribution in [2.45, 2.75) is 38.3 Å². The van der Waals surface area contributed by atoms with Gasteiger partial charge in [-0.25, -0.2) is 4.79 Å². The third-order valence-electron chi connectivity index (χ3n) is 5.99. The SMILES string of the molecule is Cc1c(NC(=O)N[C@@H]2C[C@H]3C(=O)N(C)CC(=O)N3C2)cccc1N1CCCC1. The molecule has 2 atom stereocenters. The van der Waals surface area contributed by atoms with Gasteiger partial charge in [-0.2, -0.15) is 0 Å². The number of fused-ring (bicyclic) bond motifs is 1. The van der Waals surface area contributed by atoms with Gasteiger partial charge >= 0.3 is 6.03 Å². The molecule has 3 fully saturated rings. The number of benzene rings is 1. The molecule has 3 saturated heterocycles. The molecule has 3 heterocycles. The molecule has 0 aromatic heterocycles. The number of urea groups is 1. The molecule has 4 rings (SSSR count). The van der Waals surface area contributed by atoms with Crippen LogP contribution in [0.4, 0.5) is 16.2 Å². The van der Waals surface area contributed by atoms with Crippen LogP contribution in [-0.4, -0.2) is 73.0 Å². The maximum absolute atomic E-state index is 12.6. The monoisotopic (exact) mass is 385 g/mol. The minimum absolute atomic E-state index is 0.0570. The Balaban J connectivity index is 1.40. The topological polar surface area (TPSA) is 85.0 Å². The zero-order valence-corrected chi connectivity index (χ0v) is 16.4. The molecule has 8 nitrogen and oxygen atoms in total. The summed E-state index contributed by atoms with van der Waals surface area (Å²) in [6, 6.07) is 4.95. The van der Waals surface area contributed by atoms with Crippen molar-refractivity contribution in [1.29, 1.82) is 0 Å². The van der Waals surface area contributed by atoms with Gasteiger partial charge in [-0.3, -0.25) is 9.59 Å². The van der Waals surface area contributed by atoms with Gasteiger partial charge in [0.25, 0.3) is 0 Å². The Hall–Kier alpha value is -2.77. The summed E-state index contributed by atoms with van der Waals surface area (Å²) in [6.45, 7) is 4.60. The molecule has 0 bridgehead atoms. The summed E-state index contributed by atoms with van der Waals surface area (Å²) in [5.74, 6) is -0.121. The summed E-state index contributed by atoms with van der Waals surface area (Å²) in [7, 11) is 1.64. The van der Waals surface area contributed by atoms with E-state index < -0.39 is 6.04 Å². The average Bonchev–Trinajstić information content (AvgIpc) is 3.32. The van der Waals surface area contributed by atoms with Crippen molar-refractivity contribution < 1.29 is 14.4 Å². The van der Waals surface area contributed by atoms with Crippen molar-refractivity contribution in [2.75, 3.05) is 43.4 Å². The lowest BCUT2D eigenvalue weighted by Gasteiger charge is -2.33. The molecule has 28 heavy (non-hydrogen) atoms. The zero-order valence-electron chi connectivity index (χ0n) is 16.4. The highest BCUT2D eigenvalue weighted by Crippen LogP contribution is 2.29. The second kappa shape index (κ2) is 7.33. The minimum atomic E-state index is -0.461. The fourth-order valence-electron chi connectivity index (χ4n) is 4.48. The molecule has 0 aliphatic carbocycles. The third kappa shape index (κ3) is 3.39. The maximum Gasteiger partial charge on any atom is 0.319 e. The zero-order chi connectivity index (χ0) is 19.8. The second-order valence-corrected chi connectivity index (χ2v) is 7.93. The van der Waals surface area contributed by atoms with Crippen LogP contribution in [0.15, 0.2) is 18.2 Å². The summed E-state index contributed by atoms with van der Waals surface area (Å²) >= 11 is 0. The van der Waals surface area contributed by atoms with E-state index in [2.05, 4.69) is 21.6 Å². The second-order valence-electron chi connectivity index (χ2n) is 7.93. The Labute approximate surface area is 164 Å². The van der Waals surface area contributed by atoms with Crippen molar-refractivity contribution in [1.82, 2.24) is 15.1 Å². The smallest absolute Gasteiger partial charge is 0.319 e. The lowest BCUT2D eigenvalue weighted by molar-refractivity contribution is -0.152. The Morgan fingerprint density at radius 2 is 1.93 bits per heavy atom. The summed E-state index contributed by atoms with van der Waals surface area (Å²) in [4.78, 5) is 42.4. The third-order valence-corrected chi connectivity index (χ3v) is 5.99. The van der Waals surface area contributed by atoms with Crippen LogP contribution in [0, 0.1) is 6.92 Å². The fourth-order valence-corrected chi connectivity index (χ4v) is 4.48. The molecule has 0 spiro atoms. The standard InChI is InChI=1S/C20H27N5O3/c1-13-15(6-5-7-16(13)24-8-3-4-9-24)22-20(28)21-14-10-17-19(27)23(2)12-18(26)25(17)11-14/h5-7,14,17H,3-4,8-12H2,1-2H3,(H2,21,22,28)/t14-,17+/m1/s1. The van der Waals surface area contributed by atoms with Crippen LogP contribution >= 0.6 is 0 Å². The Kier molecular flexibility index (Phi) is 4.87. The summed E-state index contributed by atoms with van der Waals surface area (Å²) in [5.41, 5.74) is 2.99. The van der Waals surface area contributed by atoms with Crippen LogP contribution in [0.1, 0.15) is 24.8 Å². The lowest BCUT2D eigenvalue weighted by atomic mass is 10.1. The van der Waals surface area contributed by atoms with Crippen LogP contribution in [0.3, 0.4) is 0 Å². The highest BCUT2D eigenvalue weighted by Gasteiger charge is 2.44. The highest BCUT2D eigenvalue weighted by atomic mass is 16.2. The molecule has 1 aromatic carbocycles. The number of anilines is 2. The molecule has 3 aliphatic rings. The number of carbonyl (C=O) groups excluding carboxylic acids is 3. The number of nitrogens with zero attached hydrogens (tertiary/aromatic N) is 3. The number of carbonyl (C=O) groups is 3. The van der Waals surface area contributed by atoms with Crippen LogP contribution < -0.4 is 15.5 Å². The van der Waals surface area contributed by atoms with E-state index in [-0.39, 0.29) is 30.4 Å². The van der Waals surface area contributed by atoms with E-state index in [0.717, 1.165) is 30.0 Å². The molecular formula is C20H27N5O3. The Bertz CT molecular complexity index is 805. The number of nitrogens with one attached hydrogen (secondary N) is 2. The van der Waals surface area contributed by atoms with Gasteiger partial charge in [0, 0.05) is 38.1 Å². The normalized spacial score (nSPS) is 24.6. The number of rotatable bonds is 3. The van der Waals surface area contributed by atoms with Gasteiger partial charge in [0.15, 0.2) is 0 Å². The quantitative estimate of drug-likeness (QED) is 0.818. The summed E-state index contributed by atoms with van der Waals surface area (Å²) < 4.78 is 0. The van der Waals surface area contributed by atoms with Gasteiger partial charge < -0.3 is 25.3 Å². The van der Waals surface area contributed by atoms with Crippen LogP contribution in [0.25, 0.3) is 0 Å². The largest absolute Gasteiger partial charge is 0.371 e. The van der Waals surface area contributed by atoms with Crippen LogP contribution in [0.5, 0.6) is 0 Å². The van der Waals surface area contributed by atoms with Gasteiger partial charge in [0.1, 0.15) is 6.04 Å². The summed E-state index contributed by atoms with van der Waals surface area (Å²) in [6.07, 6.45) is 2.85. The van der Waals surface area contributed by atoms with E-state index >= 15 is 0 Å². The number of hydrogen-bond donors (Lipinski definition) is 2. The van der Waals surface area contributed by atoms with Crippen molar-refractivity contribution >= 4 is 29.2 Å². The first kappa shape index (κ1) is 18.6. The molecule has 8 heteroatoms.